The molecule has 16 heavy (non-hydrogen) atoms. The topological polar surface area (TPSA) is 41.5 Å². The van der Waals surface area contributed by atoms with Crippen molar-refractivity contribution >= 4 is 11.8 Å². The molecule has 0 radical (unpaired) electrons. The zero-order valence-corrected chi connectivity index (χ0v) is 11.5. The Morgan fingerprint density at radius 2 is 2.06 bits per heavy atom. The van der Waals surface area contributed by atoms with E-state index in [2.05, 4.69) is 12.2 Å². The van der Waals surface area contributed by atoms with E-state index < -0.39 is 5.60 Å². The van der Waals surface area contributed by atoms with Crippen LogP contribution in [-0.2, 0) is 4.74 Å². The second-order valence-corrected chi connectivity index (χ2v) is 6.32. The van der Waals surface area contributed by atoms with Crippen LogP contribution in [0, 0.1) is 5.41 Å². The molecule has 0 aliphatic carbocycles. The highest BCUT2D eigenvalue weighted by molar-refractivity contribution is 7.98. The fourth-order valence-electron chi connectivity index (χ4n) is 2.04. The van der Waals surface area contributed by atoms with Crippen LogP contribution in [0.25, 0.3) is 0 Å². The molecule has 1 rings (SSSR count). The molecule has 1 heterocycles. The number of ether oxygens (including phenoxy) is 1. The number of hydrogen-bond acceptors (Lipinski definition) is 4. The number of aliphatic hydroxyl groups is 1. The second kappa shape index (κ2) is 6.24. The molecular formula is C12H25NO2S. The smallest absolute Gasteiger partial charge is 0.0833 e. The third-order valence-corrected chi connectivity index (χ3v) is 4.12. The first kappa shape index (κ1) is 14.3. The van der Waals surface area contributed by atoms with Crippen molar-refractivity contribution in [2.75, 3.05) is 38.3 Å². The van der Waals surface area contributed by atoms with E-state index in [4.69, 9.17) is 4.74 Å². The molecule has 0 amide bonds. The third kappa shape index (κ3) is 5.04. The summed E-state index contributed by atoms with van der Waals surface area (Å²) in [7, 11) is 0. The molecule has 96 valence electrons. The Morgan fingerprint density at radius 3 is 2.62 bits per heavy atom. The summed E-state index contributed by atoms with van der Waals surface area (Å²) >= 11 is 1.68. The summed E-state index contributed by atoms with van der Waals surface area (Å²) in [5, 5.41) is 13.4. The predicted octanol–water partition coefficient (Wildman–Crippen LogP) is 1.51. The van der Waals surface area contributed by atoms with Gasteiger partial charge in [-0.05, 0) is 31.4 Å². The largest absolute Gasteiger partial charge is 0.388 e. The molecule has 0 bridgehead atoms. The standard InChI is InChI=1S/C12H25NO2S/c1-11(4-6-15-7-5-11)8-13-9-12(2,14)10-16-3/h13-14H,4-10H2,1-3H3. The Bertz CT molecular complexity index is 203. The Labute approximate surface area is 103 Å². The van der Waals surface area contributed by atoms with Crippen LogP contribution in [0.4, 0.5) is 0 Å². The zero-order chi connectivity index (χ0) is 12.1. The van der Waals surface area contributed by atoms with Gasteiger partial charge < -0.3 is 15.2 Å². The van der Waals surface area contributed by atoms with Crippen molar-refractivity contribution in [3.05, 3.63) is 0 Å². The van der Waals surface area contributed by atoms with Crippen LogP contribution in [0.3, 0.4) is 0 Å². The normalized spacial score (nSPS) is 24.0. The molecule has 0 aromatic rings. The van der Waals surface area contributed by atoms with Crippen molar-refractivity contribution in [3.8, 4) is 0 Å². The minimum Gasteiger partial charge on any atom is -0.388 e. The molecule has 1 aliphatic heterocycles. The van der Waals surface area contributed by atoms with E-state index in [1.54, 1.807) is 11.8 Å². The number of nitrogens with one attached hydrogen (secondary N) is 1. The molecule has 4 heteroatoms. The summed E-state index contributed by atoms with van der Waals surface area (Å²) in [5.41, 5.74) is -0.255. The Kier molecular flexibility index (Phi) is 5.57. The van der Waals surface area contributed by atoms with E-state index in [0.29, 0.717) is 12.0 Å². The molecule has 0 saturated carbocycles. The Balaban J connectivity index is 2.23. The van der Waals surface area contributed by atoms with Crippen molar-refractivity contribution in [1.82, 2.24) is 5.32 Å². The fraction of sp³-hybridized carbons (Fsp3) is 1.00. The average Bonchev–Trinajstić information content (AvgIpc) is 2.17. The molecule has 3 nitrogen and oxygen atoms in total. The lowest BCUT2D eigenvalue weighted by molar-refractivity contribution is 0.0196. The van der Waals surface area contributed by atoms with Crippen LogP contribution in [0.5, 0.6) is 0 Å². The predicted molar refractivity (Wildman–Crippen MR) is 70.0 cm³/mol. The highest BCUT2D eigenvalue weighted by Crippen LogP contribution is 2.28. The molecule has 0 aromatic carbocycles. The first-order valence-corrected chi connectivity index (χ1v) is 7.37. The van der Waals surface area contributed by atoms with Crippen molar-refractivity contribution in [2.24, 2.45) is 5.41 Å². The first-order valence-electron chi connectivity index (χ1n) is 5.97. The highest BCUT2D eigenvalue weighted by Gasteiger charge is 2.28. The van der Waals surface area contributed by atoms with Crippen molar-refractivity contribution in [1.29, 1.82) is 0 Å². The van der Waals surface area contributed by atoms with Gasteiger partial charge in [-0.25, -0.2) is 0 Å². The third-order valence-electron chi connectivity index (χ3n) is 3.21. The van der Waals surface area contributed by atoms with Gasteiger partial charge in [0, 0.05) is 32.1 Å². The van der Waals surface area contributed by atoms with E-state index in [1.165, 1.54) is 0 Å². The lowest BCUT2D eigenvalue weighted by Gasteiger charge is -2.35. The molecular weight excluding hydrogens is 222 g/mol. The van der Waals surface area contributed by atoms with Gasteiger partial charge in [0.1, 0.15) is 0 Å². The lowest BCUT2D eigenvalue weighted by Crippen LogP contribution is -2.45. The number of thioether (sulfide) groups is 1. The molecule has 0 aromatic heterocycles. The first-order chi connectivity index (χ1) is 7.47. The van der Waals surface area contributed by atoms with Crippen LogP contribution < -0.4 is 5.32 Å². The van der Waals surface area contributed by atoms with E-state index >= 15 is 0 Å². The molecule has 1 aliphatic rings. The van der Waals surface area contributed by atoms with E-state index in [0.717, 1.165) is 38.4 Å². The maximum atomic E-state index is 10.0. The highest BCUT2D eigenvalue weighted by atomic mass is 32.2. The summed E-state index contributed by atoms with van der Waals surface area (Å²) in [6.45, 7) is 7.58. The Hall–Kier alpha value is 0.230. The minimum absolute atomic E-state index is 0.341. The minimum atomic E-state index is -0.596. The van der Waals surface area contributed by atoms with Crippen LogP contribution in [0.15, 0.2) is 0 Å². The molecule has 1 saturated heterocycles. The van der Waals surface area contributed by atoms with Gasteiger partial charge in [-0.2, -0.15) is 11.8 Å². The lowest BCUT2D eigenvalue weighted by atomic mass is 9.82. The van der Waals surface area contributed by atoms with Gasteiger partial charge in [0.25, 0.3) is 0 Å². The van der Waals surface area contributed by atoms with E-state index in [-0.39, 0.29) is 0 Å². The van der Waals surface area contributed by atoms with Gasteiger partial charge in [-0.3, -0.25) is 0 Å². The zero-order valence-electron chi connectivity index (χ0n) is 10.7. The number of hydrogen-bond donors (Lipinski definition) is 2. The average molecular weight is 247 g/mol. The number of rotatable bonds is 6. The monoisotopic (exact) mass is 247 g/mol. The van der Waals surface area contributed by atoms with Crippen LogP contribution in [0.1, 0.15) is 26.7 Å². The summed E-state index contributed by atoms with van der Waals surface area (Å²) in [5.74, 6) is 0.778. The van der Waals surface area contributed by atoms with Gasteiger partial charge in [0.2, 0.25) is 0 Å². The van der Waals surface area contributed by atoms with Crippen molar-refractivity contribution in [3.63, 3.8) is 0 Å². The van der Waals surface area contributed by atoms with E-state index in [1.807, 2.05) is 13.2 Å². The maximum Gasteiger partial charge on any atom is 0.0833 e. The Morgan fingerprint density at radius 1 is 1.44 bits per heavy atom. The maximum absolute atomic E-state index is 10.0. The molecule has 1 unspecified atom stereocenters. The quantitative estimate of drug-likeness (QED) is 0.746. The fourth-order valence-corrected chi connectivity index (χ4v) is 2.76. The van der Waals surface area contributed by atoms with Gasteiger partial charge in [0.15, 0.2) is 0 Å². The molecule has 0 spiro atoms. The molecule has 1 fully saturated rings. The van der Waals surface area contributed by atoms with Crippen LogP contribution in [0.2, 0.25) is 0 Å². The summed E-state index contributed by atoms with van der Waals surface area (Å²) < 4.78 is 5.37. The van der Waals surface area contributed by atoms with Gasteiger partial charge in [-0.15, -0.1) is 0 Å². The van der Waals surface area contributed by atoms with Crippen molar-refractivity contribution < 1.29 is 9.84 Å². The van der Waals surface area contributed by atoms with Gasteiger partial charge in [0.05, 0.1) is 5.60 Å². The van der Waals surface area contributed by atoms with Crippen LogP contribution >= 0.6 is 11.8 Å². The van der Waals surface area contributed by atoms with Crippen molar-refractivity contribution in [2.45, 2.75) is 32.3 Å². The van der Waals surface area contributed by atoms with Gasteiger partial charge >= 0.3 is 0 Å². The SMILES string of the molecule is CSCC(C)(O)CNCC1(C)CCOCC1. The molecule has 2 N–H and O–H groups in total. The van der Waals surface area contributed by atoms with Gasteiger partial charge in [-0.1, -0.05) is 6.92 Å². The molecule has 1 atom stereocenters. The summed E-state index contributed by atoms with van der Waals surface area (Å²) in [4.78, 5) is 0. The second-order valence-electron chi connectivity index (χ2n) is 5.46. The van der Waals surface area contributed by atoms with Crippen LogP contribution in [-0.4, -0.2) is 49.0 Å². The summed E-state index contributed by atoms with van der Waals surface area (Å²) in [6, 6.07) is 0. The summed E-state index contributed by atoms with van der Waals surface area (Å²) in [6.07, 6.45) is 4.25. The van der Waals surface area contributed by atoms with E-state index in [9.17, 15) is 5.11 Å².